The van der Waals surface area contributed by atoms with Crippen LogP contribution in [0.1, 0.15) is 71.3 Å². The van der Waals surface area contributed by atoms with Crippen LogP contribution in [0, 0.1) is 30.6 Å². The monoisotopic (exact) mass is 1150 g/mol. The van der Waals surface area contributed by atoms with Crippen molar-refractivity contribution in [3.63, 3.8) is 0 Å². The van der Waals surface area contributed by atoms with Gasteiger partial charge >= 0.3 is 56.6 Å². The molecule has 4 aromatic heterocycles. The Morgan fingerprint density at radius 3 is 1.97 bits per heavy atom. The van der Waals surface area contributed by atoms with Crippen molar-refractivity contribution in [2.45, 2.75) is 95.2 Å². The van der Waals surface area contributed by atoms with E-state index < -0.39 is 15.6 Å². The number of rotatable bonds is 6. The molecular formula is C41H53I3N9O4S-. The first-order valence-corrected chi connectivity index (χ1v) is 33.9. The second-order valence-corrected chi connectivity index (χ2v) is 35.2. The van der Waals surface area contributed by atoms with Crippen LogP contribution in [0.4, 0.5) is 16.4 Å². The average Bonchev–Trinajstić information content (AvgIpc) is 4.03. The van der Waals surface area contributed by atoms with Gasteiger partial charge in [0.05, 0.1) is 15.7 Å². The molecule has 0 radical (unpaired) electrons. The minimum absolute atomic E-state index is 0.220. The molecule has 13 nitrogen and oxygen atoms in total. The number of carbonyl (C=O) groups is 1. The molecule has 0 spiro atoms. The Morgan fingerprint density at radius 2 is 1.38 bits per heavy atom. The molecule has 1 aromatic carbocycles. The number of fused-ring (bicyclic) bond motifs is 4. The van der Waals surface area contributed by atoms with Crippen LogP contribution in [0.3, 0.4) is 0 Å². The van der Waals surface area contributed by atoms with E-state index in [1.165, 1.54) is 42.4 Å². The Balaban J connectivity index is 0.000000193. The van der Waals surface area contributed by atoms with Crippen molar-refractivity contribution in [2.24, 2.45) is 23.7 Å². The summed E-state index contributed by atoms with van der Waals surface area (Å²) in [7, 11) is 0.418. The molecule has 3 aliphatic carbocycles. The number of hydrogen-bond acceptors (Lipinski definition) is 10. The zero-order chi connectivity index (χ0) is 41.4. The summed E-state index contributed by atoms with van der Waals surface area (Å²) in [6, 6.07) is 11.6. The summed E-state index contributed by atoms with van der Waals surface area (Å²) in [5.74, 6) is 4.55. The quantitative estimate of drug-likeness (QED) is 0.207. The maximum atomic E-state index is 13.3. The second-order valence-electron chi connectivity index (χ2n) is 17.2. The fraction of sp³-hybridized carbons (Fsp3) is 0.537. The number of halogens is 3. The number of likely N-dealkylation sites (tertiary alicyclic amines) is 1. The molecule has 5 heterocycles. The molecule has 2 unspecified atom stereocenters. The van der Waals surface area contributed by atoms with Crippen LogP contribution >= 0.6 is 37.2 Å². The molecule has 5 aromatic rings. The van der Waals surface area contributed by atoms with Crippen molar-refractivity contribution in [3.05, 3.63) is 67.0 Å². The van der Waals surface area contributed by atoms with Crippen LogP contribution in [-0.4, -0.2) is 93.2 Å². The first-order valence-electron chi connectivity index (χ1n) is 19.9. The molecule has 1 N–H and O–H groups in total. The van der Waals surface area contributed by atoms with Gasteiger partial charge in [0.15, 0.2) is 5.65 Å². The number of ether oxygens (including phenoxy) is 1. The summed E-state index contributed by atoms with van der Waals surface area (Å²) in [6.45, 7) is 8.98. The summed E-state index contributed by atoms with van der Waals surface area (Å²) in [5, 5.41) is 1.84. The van der Waals surface area contributed by atoms with Crippen molar-refractivity contribution in [3.8, 4) is 0 Å². The summed E-state index contributed by atoms with van der Waals surface area (Å²) in [6.07, 6.45) is 15.2. The molecule has 4 aliphatic rings. The Kier molecular flexibility index (Phi) is 13.7. The van der Waals surface area contributed by atoms with Gasteiger partial charge in [0.2, 0.25) is 0 Å². The Labute approximate surface area is 371 Å². The first-order chi connectivity index (χ1) is 27.7. The van der Waals surface area contributed by atoms with E-state index in [-0.39, 0.29) is 17.0 Å². The number of aryl methyl sites for hydroxylation is 1. The van der Waals surface area contributed by atoms with Crippen molar-refractivity contribution in [1.82, 2.24) is 33.8 Å². The van der Waals surface area contributed by atoms with Gasteiger partial charge < -0.3 is 24.4 Å². The number of H-pyrrole nitrogens is 1. The average molecular weight is 1150 g/mol. The van der Waals surface area contributed by atoms with Gasteiger partial charge in [0, 0.05) is 51.7 Å². The fourth-order valence-electron chi connectivity index (χ4n) is 9.60. The van der Waals surface area contributed by atoms with Gasteiger partial charge in [-0.1, -0.05) is 37.0 Å². The topological polar surface area (TPSA) is 142 Å². The number of nitrogens with zero attached hydrogens (tertiary/aromatic N) is 8. The maximum absolute atomic E-state index is 13.3. The normalized spacial score (nSPS) is 23.9. The molecule has 1 saturated heterocycles. The van der Waals surface area contributed by atoms with Gasteiger partial charge in [0.1, 0.15) is 35.5 Å². The Morgan fingerprint density at radius 1 is 0.828 bits per heavy atom. The van der Waals surface area contributed by atoms with E-state index in [1.54, 1.807) is 42.9 Å². The third-order valence-corrected chi connectivity index (χ3v) is 14.1. The molecule has 314 valence electrons. The molecule has 1 amide bonds. The summed E-state index contributed by atoms with van der Waals surface area (Å²) in [5.41, 5.74) is 1.80. The van der Waals surface area contributed by atoms with E-state index in [0.29, 0.717) is 61.1 Å². The molecule has 4 fully saturated rings. The van der Waals surface area contributed by atoms with E-state index in [1.807, 2.05) is 45.8 Å². The summed E-state index contributed by atoms with van der Waals surface area (Å²) in [4.78, 5) is 39.9. The number of aromatic nitrogens is 6. The van der Waals surface area contributed by atoms with E-state index in [4.69, 9.17) is 4.74 Å². The number of anilines is 2. The van der Waals surface area contributed by atoms with Crippen molar-refractivity contribution in [1.29, 1.82) is 0 Å². The van der Waals surface area contributed by atoms with Gasteiger partial charge in [-0.05, 0) is 101 Å². The number of hydrogen-bond donors (Lipinski definition) is 1. The molecule has 3 saturated carbocycles. The predicted molar refractivity (Wildman–Crippen MR) is 242 cm³/mol. The summed E-state index contributed by atoms with van der Waals surface area (Å²) >= 11 is 5.30. The van der Waals surface area contributed by atoms with Gasteiger partial charge in [-0.2, -0.15) is 0 Å². The number of amides is 1. The van der Waals surface area contributed by atoms with Crippen LogP contribution in [0.2, 0.25) is 0 Å². The van der Waals surface area contributed by atoms with Gasteiger partial charge in [-0.15, -0.1) is 0 Å². The zero-order valence-electron chi connectivity index (χ0n) is 33.9. The van der Waals surface area contributed by atoms with Crippen LogP contribution in [0.15, 0.2) is 66.3 Å². The number of aromatic amines is 1. The standard InChI is InChI=1S/C26H33N5O4S.C15H20N4.I3/c1-17-6-8-21(9-7-17)36(33,34)31-11-10-22-23(27-16-28-24(22)31)29(5)20-12-18-14-30(15-19(18)13-20)25(32)35-26(2,3)4;1-19(12-7-10-3-2-4-11(10)8-12)15-13-5-6-16-14(13)17-9-18-15;1-3-2/h6-11,16,18-20H,12-15H2,1-5H3;5-6,9-12H,2-4,7-8H2,1H3,(H,16,17,18);/q;;-1/t18-,19+,20?;10-,11+,12?;. The number of nitrogens with one attached hydrogen (secondary N) is 1. The van der Waals surface area contributed by atoms with Gasteiger partial charge in [-0.3, -0.25) is 0 Å². The third kappa shape index (κ3) is 9.35. The van der Waals surface area contributed by atoms with Crippen LogP contribution in [0.5, 0.6) is 0 Å². The van der Waals surface area contributed by atoms with E-state index >= 15 is 0 Å². The fourth-order valence-corrected chi connectivity index (χ4v) is 10.9. The van der Waals surface area contributed by atoms with E-state index in [2.05, 4.69) is 85.1 Å². The molecule has 6 atom stereocenters. The molecule has 1 aliphatic heterocycles. The number of carbonyl (C=O) groups excluding carboxylic acids is 1. The molecular weight excluding hydrogens is 1100 g/mol. The molecule has 9 rings (SSSR count). The predicted octanol–water partition coefficient (Wildman–Crippen LogP) is 5.81. The molecule has 17 heteroatoms. The van der Waals surface area contributed by atoms with Crippen LogP contribution < -0.4 is 23.1 Å². The van der Waals surface area contributed by atoms with Crippen molar-refractivity contribution in [2.75, 3.05) is 37.0 Å². The zero-order valence-corrected chi connectivity index (χ0v) is 41.1. The Bertz CT molecular complexity index is 2290. The van der Waals surface area contributed by atoms with Gasteiger partial charge in [-0.25, -0.2) is 37.1 Å². The third-order valence-electron chi connectivity index (χ3n) is 12.4. The first kappa shape index (κ1) is 43.6. The van der Waals surface area contributed by atoms with Crippen molar-refractivity contribution < 1.29 is 31.2 Å². The molecule has 0 bridgehead atoms. The second kappa shape index (κ2) is 18.2. The number of benzene rings is 1. The minimum atomic E-state index is -3.78. The van der Waals surface area contributed by atoms with E-state index in [0.717, 1.165) is 47.1 Å². The molecule has 58 heavy (non-hydrogen) atoms. The van der Waals surface area contributed by atoms with Crippen LogP contribution in [-0.2, 0) is 14.8 Å². The summed E-state index contributed by atoms with van der Waals surface area (Å²) < 4.78 is 33.4. The van der Waals surface area contributed by atoms with Crippen molar-refractivity contribution >= 4 is 87.1 Å². The van der Waals surface area contributed by atoms with E-state index in [9.17, 15) is 13.2 Å². The van der Waals surface area contributed by atoms with Gasteiger partial charge in [0.25, 0.3) is 10.0 Å². The SMILES string of the molecule is CN(c1ncnc2[nH]ccc12)C1C[C@H]2CCC[C@H]2C1.Cc1ccc(S(=O)(=O)n2ccc3c(N(C)C4C[C@@H]5CN(C(=O)OC(C)(C)C)C[C@@H]5C4)ncnc32)cc1.I[I-]I. The Hall–Kier alpha value is -2.53. The van der Waals surface area contributed by atoms with Crippen LogP contribution in [0.25, 0.3) is 22.1 Å².